The Morgan fingerprint density at radius 1 is 1.27 bits per heavy atom. The van der Waals surface area contributed by atoms with E-state index < -0.39 is 0 Å². The minimum Gasteiger partial charge on any atom is -0.242 e. The van der Waals surface area contributed by atoms with E-state index in [1.165, 1.54) is 10.5 Å². The van der Waals surface area contributed by atoms with E-state index >= 15 is 0 Å². The summed E-state index contributed by atoms with van der Waals surface area (Å²) in [6.45, 7) is 4.21. The van der Waals surface area contributed by atoms with Crippen molar-refractivity contribution in [1.29, 1.82) is 0 Å². The smallest absolute Gasteiger partial charge is 0.0901 e. The lowest BCUT2D eigenvalue weighted by atomic mass is 10.2. The van der Waals surface area contributed by atoms with Crippen LogP contribution in [-0.2, 0) is 0 Å². The van der Waals surface area contributed by atoms with Gasteiger partial charge in [-0.15, -0.1) is 23.1 Å². The second kappa shape index (κ2) is 4.81. The summed E-state index contributed by atoms with van der Waals surface area (Å²) >= 11 is 3.56. The third-order valence-corrected chi connectivity index (χ3v) is 3.75. The van der Waals surface area contributed by atoms with Gasteiger partial charge in [0.15, 0.2) is 0 Å². The Bertz CT molecular complexity index is 431. The van der Waals surface area contributed by atoms with Gasteiger partial charge >= 0.3 is 0 Å². The maximum Gasteiger partial charge on any atom is 0.0901 e. The summed E-state index contributed by atoms with van der Waals surface area (Å²) in [7, 11) is 0. The highest BCUT2D eigenvalue weighted by Gasteiger charge is 2.01. The van der Waals surface area contributed by atoms with Gasteiger partial charge in [-0.25, -0.2) is 4.98 Å². The third kappa shape index (κ3) is 2.61. The predicted octanol–water partition coefficient (Wildman–Crippen LogP) is 4.23. The van der Waals surface area contributed by atoms with Crippen molar-refractivity contribution in [2.24, 2.45) is 0 Å². The monoisotopic (exact) mass is 235 g/mol. The maximum absolute atomic E-state index is 4.47. The van der Waals surface area contributed by atoms with E-state index in [0.29, 0.717) is 0 Å². The van der Waals surface area contributed by atoms with Gasteiger partial charge in [0.2, 0.25) is 0 Å². The molecule has 0 bridgehead atoms. The Morgan fingerprint density at radius 3 is 2.53 bits per heavy atom. The van der Waals surface area contributed by atoms with Crippen LogP contribution in [0.25, 0.3) is 11.3 Å². The van der Waals surface area contributed by atoms with Crippen LogP contribution >= 0.6 is 23.1 Å². The van der Waals surface area contributed by atoms with Gasteiger partial charge in [0.1, 0.15) is 0 Å². The Kier molecular flexibility index (Phi) is 3.44. The summed E-state index contributed by atoms with van der Waals surface area (Å²) in [6, 6.07) is 8.62. The normalized spacial score (nSPS) is 10.5. The number of aromatic nitrogens is 1. The van der Waals surface area contributed by atoms with Gasteiger partial charge in [0.25, 0.3) is 0 Å². The fourth-order valence-corrected chi connectivity index (χ4v) is 2.67. The Balaban J connectivity index is 2.23. The molecule has 2 aromatic rings. The van der Waals surface area contributed by atoms with Gasteiger partial charge in [-0.1, -0.05) is 19.1 Å². The Hall–Kier alpha value is -0.800. The lowest BCUT2D eigenvalue weighted by Gasteiger charge is -2.00. The summed E-state index contributed by atoms with van der Waals surface area (Å²) in [6.07, 6.45) is 0. The SMILES string of the molecule is CCSc1ccc(-c2csc(C)n2)cc1. The second-order valence-electron chi connectivity index (χ2n) is 3.21. The van der Waals surface area contributed by atoms with Crippen molar-refractivity contribution < 1.29 is 0 Å². The number of aryl methyl sites for hydroxylation is 1. The van der Waals surface area contributed by atoms with Crippen molar-refractivity contribution in [2.75, 3.05) is 5.75 Å². The molecule has 3 heteroatoms. The van der Waals surface area contributed by atoms with Crippen molar-refractivity contribution in [3.63, 3.8) is 0 Å². The van der Waals surface area contributed by atoms with Crippen LogP contribution in [0.15, 0.2) is 34.5 Å². The van der Waals surface area contributed by atoms with Crippen LogP contribution in [0.5, 0.6) is 0 Å². The van der Waals surface area contributed by atoms with Crippen LogP contribution in [0.3, 0.4) is 0 Å². The molecule has 2 rings (SSSR count). The molecule has 0 radical (unpaired) electrons. The molecule has 1 aromatic heterocycles. The molecule has 0 saturated heterocycles. The van der Waals surface area contributed by atoms with Crippen LogP contribution in [-0.4, -0.2) is 10.7 Å². The van der Waals surface area contributed by atoms with Gasteiger partial charge in [-0.2, -0.15) is 0 Å². The molecule has 15 heavy (non-hydrogen) atoms. The molecular weight excluding hydrogens is 222 g/mol. The summed E-state index contributed by atoms with van der Waals surface area (Å²) in [5, 5.41) is 3.23. The molecule has 0 aliphatic carbocycles. The van der Waals surface area contributed by atoms with E-state index in [1.54, 1.807) is 11.3 Å². The topological polar surface area (TPSA) is 12.9 Å². The van der Waals surface area contributed by atoms with Crippen LogP contribution in [0.2, 0.25) is 0 Å². The molecule has 0 fully saturated rings. The van der Waals surface area contributed by atoms with Crippen molar-refractivity contribution in [3.05, 3.63) is 34.7 Å². The highest BCUT2D eigenvalue weighted by atomic mass is 32.2. The first-order valence-corrected chi connectivity index (χ1v) is 6.81. The highest BCUT2D eigenvalue weighted by Crippen LogP contribution is 2.24. The Morgan fingerprint density at radius 2 is 2.00 bits per heavy atom. The molecule has 78 valence electrons. The minimum atomic E-state index is 1.09. The fourth-order valence-electron chi connectivity index (χ4n) is 1.38. The highest BCUT2D eigenvalue weighted by molar-refractivity contribution is 7.99. The number of hydrogen-bond donors (Lipinski definition) is 0. The predicted molar refractivity (Wildman–Crippen MR) is 68.7 cm³/mol. The minimum absolute atomic E-state index is 1.09. The van der Waals surface area contributed by atoms with Crippen molar-refractivity contribution in [1.82, 2.24) is 4.98 Å². The molecule has 1 nitrogen and oxygen atoms in total. The first-order valence-electron chi connectivity index (χ1n) is 4.95. The van der Waals surface area contributed by atoms with E-state index in [-0.39, 0.29) is 0 Å². The van der Waals surface area contributed by atoms with Crippen molar-refractivity contribution in [3.8, 4) is 11.3 Å². The summed E-state index contributed by atoms with van der Waals surface area (Å²) in [5.74, 6) is 1.12. The first-order chi connectivity index (χ1) is 7.29. The molecule has 0 spiro atoms. The lowest BCUT2D eigenvalue weighted by Crippen LogP contribution is -1.79. The largest absolute Gasteiger partial charge is 0.242 e. The van der Waals surface area contributed by atoms with E-state index in [9.17, 15) is 0 Å². The standard InChI is InChI=1S/C12H13NS2/c1-3-14-11-6-4-10(5-7-11)12-8-15-9(2)13-12/h4-8H,3H2,1-2H3. The Labute approximate surface area is 98.6 Å². The van der Waals surface area contributed by atoms with E-state index in [1.807, 2.05) is 18.7 Å². The molecule has 0 aliphatic rings. The maximum atomic E-state index is 4.47. The zero-order chi connectivity index (χ0) is 10.7. The number of thioether (sulfide) groups is 1. The number of benzene rings is 1. The van der Waals surface area contributed by atoms with Crippen LogP contribution < -0.4 is 0 Å². The van der Waals surface area contributed by atoms with Crippen molar-refractivity contribution in [2.45, 2.75) is 18.7 Å². The zero-order valence-electron chi connectivity index (χ0n) is 8.86. The first kappa shape index (κ1) is 10.7. The van der Waals surface area contributed by atoms with E-state index in [0.717, 1.165) is 16.5 Å². The van der Waals surface area contributed by atoms with Crippen molar-refractivity contribution >= 4 is 23.1 Å². The lowest BCUT2D eigenvalue weighted by molar-refractivity contribution is 1.29. The van der Waals surface area contributed by atoms with Gasteiger partial charge in [0.05, 0.1) is 10.7 Å². The average molecular weight is 235 g/mol. The van der Waals surface area contributed by atoms with Crippen LogP contribution in [0.4, 0.5) is 0 Å². The van der Waals surface area contributed by atoms with Crippen LogP contribution in [0, 0.1) is 6.92 Å². The fraction of sp³-hybridized carbons (Fsp3) is 0.250. The summed E-state index contributed by atoms with van der Waals surface area (Å²) < 4.78 is 0. The number of hydrogen-bond acceptors (Lipinski definition) is 3. The van der Waals surface area contributed by atoms with E-state index in [4.69, 9.17) is 0 Å². The molecule has 0 N–H and O–H groups in total. The van der Waals surface area contributed by atoms with E-state index in [2.05, 4.69) is 41.6 Å². The number of rotatable bonds is 3. The van der Waals surface area contributed by atoms with Gasteiger partial charge in [-0.05, 0) is 24.8 Å². The average Bonchev–Trinajstić information content (AvgIpc) is 2.67. The number of nitrogens with zero attached hydrogens (tertiary/aromatic N) is 1. The van der Waals surface area contributed by atoms with Gasteiger partial charge in [0, 0.05) is 15.8 Å². The zero-order valence-corrected chi connectivity index (χ0v) is 10.5. The quantitative estimate of drug-likeness (QED) is 0.738. The second-order valence-corrected chi connectivity index (χ2v) is 5.61. The summed E-state index contributed by atoms with van der Waals surface area (Å²) in [4.78, 5) is 5.80. The molecule has 0 amide bonds. The molecule has 0 atom stereocenters. The summed E-state index contributed by atoms with van der Waals surface area (Å²) in [5.41, 5.74) is 2.30. The third-order valence-electron chi connectivity index (χ3n) is 2.08. The molecule has 0 saturated carbocycles. The molecule has 1 heterocycles. The van der Waals surface area contributed by atoms with Gasteiger partial charge < -0.3 is 0 Å². The van der Waals surface area contributed by atoms with Gasteiger partial charge in [-0.3, -0.25) is 0 Å². The molecular formula is C12H13NS2. The molecule has 1 aromatic carbocycles. The van der Waals surface area contributed by atoms with Crippen LogP contribution in [0.1, 0.15) is 11.9 Å². The number of thiazole rings is 1. The molecule has 0 unspecified atom stereocenters. The molecule has 0 aliphatic heterocycles.